The highest BCUT2D eigenvalue weighted by Gasteiger charge is 2.47. The molecule has 0 amide bonds. The van der Waals surface area contributed by atoms with Crippen LogP contribution in [0.1, 0.15) is 183 Å². The molecule has 18 aromatic rings. The van der Waals surface area contributed by atoms with Crippen molar-refractivity contribution < 1.29 is 24.7 Å². The molecule has 0 N–H and O–H groups in total. The minimum Gasteiger partial charge on any atom is -0.310 e. The van der Waals surface area contributed by atoms with Crippen molar-refractivity contribution in [3.05, 3.63) is 361 Å². The summed E-state index contributed by atoms with van der Waals surface area (Å²) < 4.78 is 178. The molecule has 15 aromatic carbocycles. The molecule has 125 heavy (non-hydrogen) atoms. The number of rotatable bonds is 11. The number of para-hydroxylation sites is 2. The number of aromatic nitrogens is 5. The summed E-state index contributed by atoms with van der Waals surface area (Å²) in [6.45, 7) is 38.5. The lowest BCUT2D eigenvalue weighted by molar-refractivity contribution is 0.569. The van der Waals surface area contributed by atoms with E-state index >= 15 is 0 Å². The molecular formula is C117H108BN7. The molecule has 614 valence electrons. The van der Waals surface area contributed by atoms with E-state index in [1.54, 1.807) is 4.57 Å². The molecule has 0 fully saturated rings. The van der Waals surface area contributed by atoms with Crippen molar-refractivity contribution in [2.75, 3.05) is 9.80 Å². The number of benzene rings is 15. The van der Waals surface area contributed by atoms with Crippen LogP contribution in [-0.4, -0.2) is 30.8 Å². The molecule has 2 aliphatic rings. The van der Waals surface area contributed by atoms with Gasteiger partial charge >= 0.3 is 0 Å². The summed E-state index contributed by atoms with van der Waals surface area (Å²) in [5, 5.41) is 1.68. The van der Waals surface area contributed by atoms with Gasteiger partial charge in [-0.15, -0.1) is 0 Å². The highest BCUT2D eigenvalue weighted by atomic mass is 15.2. The quantitative estimate of drug-likeness (QED) is 0.121. The largest absolute Gasteiger partial charge is 0.310 e. The summed E-state index contributed by atoms with van der Waals surface area (Å²) in [7, 11) is 0. The molecule has 7 nitrogen and oxygen atoms in total. The average molecular weight is 1640 g/mol. The second-order valence-corrected chi connectivity index (χ2v) is 39.6. The minimum absolute atomic E-state index is 0.156. The van der Waals surface area contributed by atoms with E-state index in [0.717, 1.165) is 99.6 Å². The van der Waals surface area contributed by atoms with Gasteiger partial charge < -0.3 is 18.9 Å². The number of fused-ring (bicyclic) bond motifs is 10. The summed E-state index contributed by atoms with van der Waals surface area (Å²) in [6, 6.07) is 64.5. The van der Waals surface area contributed by atoms with Gasteiger partial charge in [-0.3, -0.25) is 0 Å². The maximum atomic E-state index is 10.5. The van der Waals surface area contributed by atoms with E-state index in [1.807, 2.05) is 84.9 Å². The van der Waals surface area contributed by atoms with Crippen molar-refractivity contribution in [2.45, 2.75) is 157 Å². The highest BCUT2D eigenvalue weighted by molar-refractivity contribution is 7.00. The summed E-state index contributed by atoms with van der Waals surface area (Å²) in [5.74, 6) is -1.27. The van der Waals surface area contributed by atoms with Crippen molar-refractivity contribution in [2.24, 2.45) is 0 Å². The standard InChI is InChI=1S/C117H108BN7/c1-112(2,3)80-53-58-100-93(64-80)94-65-81(113(4,5)6)54-59-101(94)122(100)86-55-57-97-103(70-86)125(108-92(75-42-28-21-29-43-75)68-85(117(16,17)18)69-95(108)111-120-109(76-44-30-22-31-45-76)119-110(121-111)77-46-32-23-33-47-77)105-72-87(123-98-50-36-34-48-88(98)89-49-35-37-51-99(89)123)71-104-106(105)118(97)96-56-52-78(79-60-82(114(7,8)9)63-83(61-79)115(10,11)12)62-102(96)124(104)107-90(73-38-24-19-25-39-73)66-84(116(13,14)15)67-91(107)74-40-26-20-27-41-74/h19-72H,1-18H3/i22D,23D,30D,31D,32D,33D,34D,35D,36D,37D,44D,45D,46D,47D,48D,49D,50D,51D. The smallest absolute Gasteiger partial charge is 0.252 e. The van der Waals surface area contributed by atoms with Gasteiger partial charge in [0.15, 0.2) is 17.5 Å². The monoisotopic (exact) mass is 1640 g/mol. The zero-order valence-corrected chi connectivity index (χ0v) is 74.0. The zero-order chi connectivity index (χ0) is 102. The Bertz CT molecular complexity index is 8120. The molecule has 5 heterocycles. The molecule has 2 aliphatic heterocycles. The van der Waals surface area contributed by atoms with Gasteiger partial charge in [-0.05, 0) is 201 Å². The molecule has 0 saturated carbocycles. The van der Waals surface area contributed by atoms with Crippen LogP contribution in [-0.2, 0) is 32.5 Å². The maximum Gasteiger partial charge on any atom is 0.252 e. The third-order valence-corrected chi connectivity index (χ3v) is 25.1. The van der Waals surface area contributed by atoms with Crippen molar-refractivity contribution in [1.29, 1.82) is 0 Å². The summed E-state index contributed by atoms with van der Waals surface area (Å²) >= 11 is 0. The Balaban J connectivity index is 1.07. The normalized spacial score (nSPS) is 15.2. The fourth-order valence-corrected chi connectivity index (χ4v) is 18.2. The zero-order valence-electron chi connectivity index (χ0n) is 92.0. The molecular weight excluding hydrogens is 1510 g/mol. The van der Waals surface area contributed by atoms with Crippen LogP contribution >= 0.6 is 0 Å². The van der Waals surface area contributed by atoms with Crippen LogP contribution in [0.25, 0.3) is 134 Å². The Morgan fingerprint density at radius 2 is 0.608 bits per heavy atom. The Hall–Kier alpha value is -13.4. The number of anilines is 6. The lowest BCUT2D eigenvalue weighted by Crippen LogP contribution is -2.61. The van der Waals surface area contributed by atoms with E-state index in [2.05, 4.69) is 272 Å². The minimum atomic E-state index is -0.842. The second-order valence-electron chi connectivity index (χ2n) is 39.6. The second kappa shape index (κ2) is 29.7. The van der Waals surface area contributed by atoms with E-state index in [4.69, 9.17) is 17.7 Å². The Labute approximate surface area is 763 Å². The molecule has 3 aromatic heterocycles. The molecule has 0 unspecified atom stereocenters. The van der Waals surface area contributed by atoms with Crippen molar-refractivity contribution in [1.82, 2.24) is 24.1 Å². The van der Waals surface area contributed by atoms with Gasteiger partial charge in [0.05, 0.1) is 63.8 Å². The first kappa shape index (κ1) is 61.8. The van der Waals surface area contributed by atoms with Crippen LogP contribution in [0.15, 0.2) is 327 Å². The van der Waals surface area contributed by atoms with E-state index in [9.17, 15) is 21.9 Å². The topological polar surface area (TPSA) is 55.0 Å². The van der Waals surface area contributed by atoms with Gasteiger partial charge in [-0.1, -0.05) is 361 Å². The molecule has 0 bridgehead atoms. The molecule has 0 atom stereocenters. The third kappa shape index (κ3) is 14.1. The highest BCUT2D eigenvalue weighted by Crippen LogP contribution is 2.57. The lowest BCUT2D eigenvalue weighted by atomic mass is 9.33. The van der Waals surface area contributed by atoms with Crippen LogP contribution in [0.4, 0.5) is 34.1 Å². The maximum absolute atomic E-state index is 10.5. The first-order chi connectivity index (χ1) is 67.2. The SMILES string of the molecule is [2H]c1c([2H])c([2H])c(-c2nc(-c3cc(C(C)(C)C)cc(-c4ccccc4)c3N3c4cc(-n5c6ccc(C(C)(C)C)cc6c6cc(C(C)(C)C)ccc65)ccc4B4c5ccc(-c6cc(C(C)(C)C)cc(C(C)(C)C)c6)cc5N(c5c(-c6ccccc6)cc(C(C)(C)C)cc5-c5ccccc5)c5cc(-n6c7c([2H])c([2H])c([2H])c([2H])c7c7c([2H])c([2H])c([2H])c([2H])c76)cc3c54)nc(-c3c([2H])c([2H])c([2H])c([2H])c3[2H])n2)c([2H])c1[2H]. The number of hydrogen-bond donors (Lipinski definition) is 0. The van der Waals surface area contributed by atoms with Crippen molar-refractivity contribution in [3.8, 4) is 90.0 Å². The predicted molar refractivity (Wildman–Crippen MR) is 533 cm³/mol. The molecule has 0 saturated heterocycles. The fraction of sp³-hybridized carbons (Fsp3) is 0.205. The van der Waals surface area contributed by atoms with E-state index in [0.29, 0.717) is 56.3 Å². The van der Waals surface area contributed by atoms with Crippen LogP contribution < -0.4 is 26.2 Å². The van der Waals surface area contributed by atoms with Crippen LogP contribution in [0.2, 0.25) is 0 Å². The Kier molecular flexibility index (Phi) is 14.7. The van der Waals surface area contributed by atoms with E-state index in [-0.39, 0.29) is 60.5 Å². The summed E-state index contributed by atoms with van der Waals surface area (Å²) in [6.07, 6.45) is 0. The van der Waals surface area contributed by atoms with E-state index in [1.165, 1.54) is 0 Å². The Morgan fingerprint density at radius 3 is 1.04 bits per heavy atom. The van der Waals surface area contributed by atoms with Gasteiger partial charge in [0.2, 0.25) is 0 Å². The van der Waals surface area contributed by atoms with Crippen molar-refractivity contribution >= 4 is 101 Å². The first-order valence-electron chi connectivity index (χ1n) is 52.0. The van der Waals surface area contributed by atoms with Crippen LogP contribution in [0.5, 0.6) is 0 Å². The van der Waals surface area contributed by atoms with Gasteiger partial charge in [-0.2, -0.15) is 0 Å². The average Bonchev–Trinajstić information content (AvgIpc) is 1.67. The predicted octanol–water partition coefficient (Wildman–Crippen LogP) is 29.6. The molecule has 0 spiro atoms. The van der Waals surface area contributed by atoms with E-state index < -0.39 is 149 Å². The number of hydrogen-bond acceptors (Lipinski definition) is 5. The Morgan fingerprint density at radius 1 is 0.248 bits per heavy atom. The lowest BCUT2D eigenvalue weighted by Gasteiger charge is -2.46. The van der Waals surface area contributed by atoms with Gasteiger partial charge in [0, 0.05) is 83.4 Å². The molecule has 0 aliphatic carbocycles. The van der Waals surface area contributed by atoms with Gasteiger partial charge in [-0.25, -0.2) is 15.0 Å². The van der Waals surface area contributed by atoms with Gasteiger partial charge in [0.1, 0.15) is 0 Å². The van der Waals surface area contributed by atoms with Crippen LogP contribution in [0.3, 0.4) is 0 Å². The van der Waals surface area contributed by atoms with Crippen LogP contribution in [0, 0.1) is 0 Å². The van der Waals surface area contributed by atoms with Gasteiger partial charge in [0.25, 0.3) is 6.71 Å². The fourth-order valence-electron chi connectivity index (χ4n) is 18.2. The summed E-state index contributed by atoms with van der Waals surface area (Å²) in [4.78, 5) is 20.3. The molecule has 8 heteroatoms. The third-order valence-electron chi connectivity index (χ3n) is 25.1. The first-order valence-corrected chi connectivity index (χ1v) is 43.0. The number of nitrogens with zero attached hydrogens (tertiary/aromatic N) is 7. The van der Waals surface area contributed by atoms with Crippen molar-refractivity contribution in [3.63, 3.8) is 0 Å². The molecule has 0 radical (unpaired) electrons. The summed E-state index contributed by atoms with van der Waals surface area (Å²) in [5.41, 5.74) is 16.9. The molecule has 20 rings (SSSR count).